The van der Waals surface area contributed by atoms with Gasteiger partial charge in [-0.3, -0.25) is 0 Å². The first kappa shape index (κ1) is 18.5. The Labute approximate surface area is 187 Å². The Bertz CT molecular complexity index is 1440. The van der Waals surface area contributed by atoms with Crippen molar-refractivity contribution in [2.24, 2.45) is 0 Å². The monoisotopic (exact) mass is 411 g/mol. The van der Waals surface area contributed by atoms with Gasteiger partial charge in [-0.25, -0.2) is 0 Å². The quantitative estimate of drug-likeness (QED) is 0.286. The molecular formula is C30H21NO. The molecule has 0 radical (unpaired) electrons. The average molecular weight is 412 g/mol. The highest BCUT2D eigenvalue weighted by molar-refractivity contribution is 6.04. The highest BCUT2D eigenvalue weighted by Crippen LogP contribution is 2.43. The van der Waals surface area contributed by atoms with Crippen LogP contribution >= 0.6 is 0 Å². The Morgan fingerprint density at radius 3 is 1.66 bits per heavy atom. The molecule has 0 fully saturated rings. The normalized spacial score (nSPS) is 11.1. The van der Waals surface area contributed by atoms with Crippen molar-refractivity contribution < 1.29 is 4.42 Å². The van der Waals surface area contributed by atoms with Gasteiger partial charge in [-0.05, 0) is 23.8 Å². The minimum absolute atomic E-state index is 0.882. The van der Waals surface area contributed by atoms with Crippen LogP contribution in [0.1, 0.15) is 0 Å². The van der Waals surface area contributed by atoms with Crippen LogP contribution in [-0.2, 0) is 0 Å². The first-order chi connectivity index (χ1) is 15.9. The molecule has 0 N–H and O–H groups in total. The lowest BCUT2D eigenvalue weighted by molar-refractivity contribution is 0.598. The average Bonchev–Trinajstić information content (AvgIpc) is 3.48. The predicted molar refractivity (Wildman–Crippen MR) is 132 cm³/mol. The topological polar surface area (TPSA) is 18.1 Å². The Morgan fingerprint density at radius 2 is 1.00 bits per heavy atom. The molecule has 0 amide bonds. The van der Waals surface area contributed by atoms with Gasteiger partial charge in [0.15, 0.2) is 5.76 Å². The summed E-state index contributed by atoms with van der Waals surface area (Å²) >= 11 is 0. The minimum Gasteiger partial charge on any atom is -0.453 e. The zero-order valence-electron chi connectivity index (χ0n) is 17.5. The first-order valence-electron chi connectivity index (χ1n) is 10.8. The van der Waals surface area contributed by atoms with Crippen LogP contribution < -0.4 is 0 Å². The number of para-hydroxylation sites is 1. The standard InChI is InChI=1S/C30H21NO/c1-4-12-22(13-5-1)25-20-21-31(24-16-8-3-9-17-24)28(25)30-27-19-11-10-18-26(27)29(32-30)23-14-6-2-7-15-23/h1-21H. The smallest absolute Gasteiger partial charge is 0.160 e. The Kier molecular flexibility index (Phi) is 4.47. The molecule has 0 aliphatic heterocycles. The number of hydrogen-bond donors (Lipinski definition) is 0. The van der Waals surface area contributed by atoms with Gasteiger partial charge in [0.05, 0.1) is 5.69 Å². The molecule has 0 saturated heterocycles. The molecule has 6 aromatic rings. The molecule has 6 rings (SSSR count). The number of nitrogens with zero attached hydrogens (tertiary/aromatic N) is 1. The Morgan fingerprint density at radius 1 is 0.469 bits per heavy atom. The number of hydrogen-bond acceptors (Lipinski definition) is 1. The van der Waals surface area contributed by atoms with Crippen molar-refractivity contribution >= 4 is 10.8 Å². The summed E-state index contributed by atoms with van der Waals surface area (Å²) in [7, 11) is 0. The fraction of sp³-hybridized carbons (Fsp3) is 0. The van der Waals surface area contributed by atoms with E-state index in [0.29, 0.717) is 0 Å². The minimum atomic E-state index is 0.882. The van der Waals surface area contributed by atoms with Crippen LogP contribution in [0.25, 0.3) is 50.4 Å². The molecule has 2 heteroatoms. The van der Waals surface area contributed by atoms with E-state index in [2.05, 4.69) is 102 Å². The van der Waals surface area contributed by atoms with E-state index in [1.54, 1.807) is 0 Å². The Balaban J connectivity index is 1.68. The third-order valence-corrected chi connectivity index (χ3v) is 5.88. The van der Waals surface area contributed by atoms with Crippen molar-refractivity contribution in [3.05, 3.63) is 128 Å². The van der Waals surface area contributed by atoms with E-state index in [4.69, 9.17) is 4.42 Å². The third kappa shape index (κ3) is 3.05. The molecule has 0 atom stereocenters. The highest BCUT2D eigenvalue weighted by Gasteiger charge is 2.22. The lowest BCUT2D eigenvalue weighted by Gasteiger charge is -2.11. The molecule has 2 aromatic heterocycles. The largest absolute Gasteiger partial charge is 0.453 e. The van der Waals surface area contributed by atoms with Gasteiger partial charge in [0.1, 0.15) is 5.76 Å². The van der Waals surface area contributed by atoms with Crippen LogP contribution in [0.2, 0.25) is 0 Å². The van der Waals surface area contributed by atoms with Crippen molar-refractivity contribution in [3.63, 3.8) is 0 Å². The molecule has 4 aromatic carbocycles. The van der Waals surface area contributed by atoms with Crippen molar-refractivity contribution in [2.45, 2.75) is 0 Å². The first-order valence-corrected chi connectivity index (χ1v) is 10.8. The molecule has 152 valence electrons. The summed E-state index contributed by atoms with van der Waals surface area (Å²) in [6, 6.07) is 41.9. The maximum Gasteiger partial charge on any atom is 0.160 e. The summed E-state index contributed by atoms with van der Waals surface area (Å²) in [5, 5.41) is 2.23. The summed E-state index contributed by atoms with van der Waals surface area (Å²) in [5.41, 5.74) is 5.55. The molecule has 0 unspecified atom stereocenters. The van der Waals surface area contributed by atoms with Crippen LogP contribution in [-0.4, -0.2) is 4.57 Å². The van der Waals surface area contributed by atoms with Gasteiger partial charge < -0.3 is 8.98 Å². The molecule has 0 bridgehead atoms. The predicted octanol–water partition coefficient (Wildman–Crippen LogP) is 8.22. The van der Waals surface area contributed by atoms with E-state index < -0.39 is 0 Å². The zero-order chi connectivity index (χ0) is 21.3. The maximum absolute atomic E-state index is 6.70. The lowest BCUT2D eigenvalue weighted by Crippen LogP contribution is -1.95. The second kappa shape index (κ2) is 7.75. The van der Waals surface area contributed by atoms with Gasteiger partial charge in [0, 0.05) is 33.8 Å². The van der Waals surface area contributed by atoms with Gasteiger partial charge in [-0.1, -0.05) is 103 Å². The van der Waals surface area contributed by atoms with E-state index >= 15 is 0 Å². The van der Waals surface area contributed by atoms with Crippen molar-refractivity contribution in [1.82, 2.24) is 4.57 Å². The van der Waals surface area contributed by atoms with E-state index in [1.807, 2.05) is 30.3 Å². The van der Waals surface area contributed by atoms with Gasteiger partial charge in [-0.15, -0.1) is 0 Å². The van der Waals surface area contributed by atoms with Crippen molar-refractivity contribution in [2.75, 3.05) is 0 Å². The van der Waals surface area contributed by atoms with Crippen LogP contribution in [0.5, 0.6) is 0 Å². The Hall–Kier alpha value is -4.30. The van der Waals surface area contributed by atoms with Gasteiger partial charge in [0.2, 0.25) is 0 Å². The van der Waals surface area contributed by atoms with Crippen LogP contribution in [0.3, 0.4) is 0 Å². The van der Waals surface area contributed by atoms with Gasteiger partial charge >= 0.3 is 0 Å². The molecule has 0 spiro atoms. The fourth-order valence-electron chi connectivity index (χ4n) is 4.39. The SMILES string of the molecule is c1ccc(-c2ccn(-c3ccccc3)c2-c2oc(-c3ccccc3)c3ccccc23)cc1. The van der Waals surface area contributed by atoms with Crippen molar-refractivity contribution in [1.29, 1.82) is 0 Å². The van der Waals surface area contributed by atoms with E-state index in [-0.39, 0.29) is 0 Å². The maximum atomic E-state index is 6.70. The zero-order valence-corrected chi connectivity index (χ0v) is 17.5. The summed E-state index contributed by atoms with van der Waals surface area (Å²) in [5.74, 6) is 1.78. The summed E-state index contributed by atoms with van der Waals surface area (Å²) < 4.78 is 8.92. The number of furan rings is 1. The molecule has 2 heterocycles. The number of fused-ring (bicyclic) bond motifs is 1. The molecule has 2 nitrogen and oxygen atoms in total. The van der Waals surface area contributed by atoms with Crippen LogP contribution in [0, 0.1) is 0 Å². The molecule has 0 saturated carbocycles. The van der Waals surface area contributed by atoms with Gasteiger partial charge in [0.25, 0.3) is 0 Å². The fourth-order valence-corrected chi connectivity index (χ4v) is 4.39. The lowest BCUT2D eigenvalue weighted by atomic mass is 10.0. The van der Waals surface area contributed by atoms with Crippen LogP contribution in [0.15, 0.2) is 132 Å². The molecule has 0 aliphatic rings. The molecule has 0 aliphatic carbocycles. The second-order valence-electron chi connectivity index (χ2n) is 7.82. The summed E-state index contributed by atoms with van der Waals surface area (Å²) in [6.45, 7) is 0. The van der Waals surface area contributed by atoms with E-state index in [1.165, 1.54) is 5.56 Å². The third-order valence-electron chi connectivity index (χ3n) is 5.88. The van der Waals surface area contributed by atoms with Gasteiger partial charge in [-0.2, -0.15) is 0 Å². The van der Waals surface area contributed by atoms with Crippen molar-refractivity contribution in [3.8, 4) is 39.6 Å². The highest BCUT2D eigenvalue weighted by atomic mass is 16.3. The molecule has 32 heavy (non-hydrogen) atoms. The van der Waals surface area contributed by atoms with E-state index in [9.17, 15) is 0 Å². The summed E-state index contributed by atoms with van der Waals surface area (Å²) in [6.07, 6.45) is 2.13. The molecular weight excluding hydrogens is 390 g/mol. The second-order valence-corrected chi connectivity index (χ2v) is 7.82. The van der Waals surface area contributed by atoms with E-state index in [0.717, 1.165) is 44.8 Å². The van der Waals surface area contributed by atoms with Crippen LogP contribution in [0.4, 0.5) is 0 Å². The number of rotatable bonds is 4. The summed E-state index contributed by atoms with van der Waals surface area (Å²) in [4.78, 5) is 0. The number of aromatic nitrogens is 1. The number of benzene rings is 4.